The van der Waals surface area contributed by atoms with Crippen LogP contribution >= 0.6 is 0 Å². The van der Waals surface area contributed by atoms with Gasteiger partial charge in [0.2, 0.25) is 5.91 Å². The summed E-state index contributed by atoms with van der Waals surface area (Å²) in [6, 6.07) is 9.98. The number of rotatable bonds is 3. The summed E-state index contributed by atoms with van der Waals surface area (Å²) in [4.78, 5) is 29.1. The van der Waals surface area contributed by atoms with Crippen molar-refractivity contribution in [2.75, 3.05) is 19.7 Å². The van der Waals surface area contributed by atoms with Crippen LogP contribution in [0.15, 0.2) is 24.3 Å². The number of piperidine rings is 2. The molecule has 0 radical (unpaired) electrons. The SMILES string of the molecule is CCOC(=O)N1C2CCC3CC(N4CCC5(CC[C@H](NC(C)=O)c6ccccc65)CC4)CC321.[HH]. The fraction of sp³-hybridized carbons (Fsp3) is 0.704. The largest absolute Gasteiger partial charge is 0.450 e. The van der Waals surface area contributed by atoms with Gasteiger partial charge in [-0.1, -0.05) is 24.3 Å². The second-order valence-electron chi connectivity index (χ2n) is 11.1. The van der Waals surface area contributed by atoms with E-state index in [0.717, 1.165) is 38.8 Å². The average molecular weight is 454 g/mol. The Bertz CT molecular complexity index is 962. The molecule has 0 bridgehead atoms. The molecule has 2 heterocycles. The first kappa shape index (κ1) is 21.5. The Balaban J connectivity index is 0.00000241. The molecule has 6 nitrogen and oxygen atoms in total. The van der Waals surface area contributed by atoms with Gasteiger partial charge in [0.1, 0.15) is 0 Å². The van der Waals surface area contributed by atoms with Gasteiger partial charge in [-0.2, -0.15) is 0 Å². The highest BCUT2D eigenvalue weighted by molar-refractivity contribution is 5.75. The van der Waals surface area contributed by atoms with Crippen molar-refractivity contribution >= 4 is 12.0 Å². The fourth-order valence-electron chi connectivity index (χ4n) is 8.37. The van der Waals surface area contributed by atoms with Gasteiger partial charge in [0.25, 0.3) is 0 Å². The fourth-order valence-corrected chi connectivity index (χ4v) is 8.37. The summed E-state index contributed by atoms with van der Waals surface area (Å²) >= 11 is 0. The number of ether oxygens (including phenoxy) is 1. The Hall–Kier alpha value is -2.08. The van der Waals surface area contributed by atoms with Crippen molar-refractivity contribution < 1.29 is 15.8 Å². The third-order valence-corrected chi connectivity index (χ3v) is 9.82. The minimum atomic E-state index is -0.0852. The minimum Gasteiger partial charge on any atom is -0.450 e. The molecule has 2 aliphatic heterocycles. The topological polar surface area (TPSA) is 61.7 Å². The number of fused-ring (bicyclic) bond motifs is 2. The lowest BCUT2D eigenvalue weighted by Gasteiger charge is -2.48. The molecule has 1 N–H and O–H groups in total. The zero-order chi connectivity index (χ0) is 22.8. The summed E-state index contributed by atoms with van der Waals surface area (Å²) in [6.45, 7) is 6.25. The van der Waals surface area contributed by atoms with Crippen LogP contribution in [0, 0.1) is 5.92 Å². The summed E-state index contributed by atoms with van der Waals surface area (Å²) in [7, 11) is 0. The van der Waals surface area contributed by atoms with Crippen LogP contribution in [0.4, 0.5) is 4.79 Å². The zero-order valence-electron chi connectivity index (χ0n) is 20.0. The maximum atomic E-state index is 12.5. The van der Waals surface area contributed by atoms with Gasteiger partial charge in [-0.25, -0.2) is 4.79 Å². The molecule has 2 saturated carbocycles. The molecule has 5 atom stereocenters. The van der Waals surface area contributed by atoms with Gasteiger partial charge >= 0.3 is 6.09 Å². The number of likely N-dealkylation sites (tertiary alicyclic amines) is 2. The maximum absolute atomic E-state index is 12.5. The third kappa shape index (κ3) is 3.16. The Labute approximate surface area is 198 Å². The third-order valence-electron chi connectivity index (χ3n) is 9.82. The monoisotopic (exact) mass is 453 g/mol. The standard InChI is InChI=1S/C27H37N3O3.H2/c1-3-33-25(32)30-24-9-8-19-16-20(17-27(19,24)30)29-14-12-26(13-15-29)11-10-23(28-18(2)31)21-6-4-5-7-22(21)26;/h4-7,19-20,23-24H,3,8-17H2,1-2H3,(H,28,31);1H/t19?,20?,23-,24?,27?,30?;/m0./s1. The van der Waals surface area contributed by atoms with E-state index in [1.54, 1.807) is 6.92 Å². The van der Waals surface area contributed by atoms with E-state index in [1.165, 1.54) is 36.8 Å². The van der Waals surface area contributed by atoms with Gasteiger partial charge in [-0.3, -0.25) is 9.69 Å². The first-order valence-corrected chi connectivity index (χ1v) is 13.0. The number of carbonyl (C=O) groups is 2. The van der Waals surface area contributed by atoms with Gasteiger partial charge in [-0.05, 0) is 93.8 Å². The normalized spacial score (nSPS) is 36.1. The highest BCUT2D eigenvalue weighted by Crippen LogP contribution is 2.65. The molecule has 0 aromatic heterocycles. The molecule has 2 saturated heterocycles. The van der Waals surface area contributed by atoms with Gasteiger partial charge < -0.3 is 15.0 Å². The van der Waals surface area contributed by atoms with Crippen LogP contribution in [0.2, 0.25) is 0 Å². The first-order valence-electron chi connectivity index (χ1n) is 13.0. The molecular weight excluding hydrogens is 414 g/mol. The van der Waals surface area contributed by atoms with Crippen molar-refractivity contribution in [3.63, 3.8) is 0 Å². The highest BCUT2D eigenvalue weighted by Gasteiger charge is 2.75. The lowest BCUT2D eigenvalue weighted by molar-refractivity contribution is -0.119. The molecule has 2 spiro atoms. The number of hydrogen-bond acceptors (Lipinski definition) is 4. The van der Waals surface area contributed by atoms with Gasteiger partial charge in [0.15, 0.2) is 0 Å². The van der Waals surface area contributed by atoms with Gasteiger partial charge in [-0.15, -0.1) is 0 Å². The highest BCUT2D eigenvalue weighted by atomic mass is 16.6. The summed E-state index contributed by atoms with van der Waals surface area (Å²) in [6.07, 6.45) is 9.28. The molecule has 5 aliphatic rings. The molecule has 2 amide bonds. The van der Waals surface area contributed by atoms with Crippen LogP contribution in [-0.4, -0.2) is 59.1 Å². The van der Waals surface area contributed by atoms with E-state index in [0.29, 0.717) is 24.6 Å². The van der Waals surface area contributed by atoms with E-state index in [4.69, 9.17) is 4.74 Å². The predicted octanol–water partition coefficient (Wildman–Crippen LogP) is 4.39. The van der Waals surface area contributed by atoms with Crippen molar-refractivity contribution in [1.82, 2.24) is 15.1 Å². The molecular formula is C27H39N3O3. The number of nitrogens with zero attached hydrogens (tertiary/aromatic N) is 2. The molecule has 6 rings (SSSR count). The van der Waals surface area contributed by atoms with Crippen molar-refractivity contribution in [2.24, 2.45) is 5.92 Å². The second kappa shape index (κ2) is 7.72. The van der Waals surface area contributed by atoms with Crippen LogP contribution < -0.4 is 5.32 Å². The smallest absolute Gasteiger partial charge is 0.410 e. The van der Waals surface area contributed by atoms with Crippen LogP contribution in [0.3, 0.4) is 0 Å². The van der Waals surface area contributed by atoms with E-state index < -0.39 is 0 Å². The lowest BCUT2D eigenvalue weighted by Crippen LogP contribution is -2.49. The van der Waals surface area contributed by atoms with E-state index >= 15 is 0 Å². The zero-order valence-corrected chi connectivity index (χ0v) is 20.0. The van der Waals surface area contributed by atoms with E-state index in [1.807, 2.05) is 6.92 Å². The molecule has 180 valence electrons. The number of hydrogen-bond donors (Lipinski definition) is 1. The molecule has 1 aromatic carbocycles. The molecule has 4 unspecified atom stereocenters. The van der Waals surface area contributed by atoms with Crippen molar-refractivity contribution in [3.8, 4) is 0 Å². The molecule has 33 heavy (non-hydrogen) atoms. The summed E-state index contributed by atoms with van der Waals surface area (Å²) in [5.41, 5.74) is 3.14. The molecule has 3 aliphatic carbocycles. The maximum Gasteiger partial charge on any atom is 0.410 e. The molecule has 6 heteroatoms. The Morgan fingerprint density at radius 3 is 2.70 bits per heavy atom. The Morgan fingerprint density at radius 1 is 1.15 bits per heavy atom. The van der Waals surface area contributed by atoms with Crippen molar-refractivity contribution in [2.45, 2.75) is 94.3 Å². The first-order chi connectivity index (χ1) is 16.0. The minimum absolute atomic E-state index is 0. The van der Waals surface area contributed by atoms with Crippen LogP contribution in [-0.2, 0) is 14.9 Å². The molecule has 1 aromatic rings. The predicted molar refractivity (Wildman–Crippen MR) is 128 cm³/mol. The average Bonchev–Trinajstić information content (AvgIpc) is 3.08. The van der Waals surface area contributed by atoms with Crippen LogP contribution in [0.25, 0.3) is 0 Å². The summed E-state index contributed by atoms with van der Waals surface area (Å²) < 4.78 is 5.37. The van der Waals surface area contributed by atoms with Gasteiger partial charge in [0.05, 0.1) is 24.2 Å². The van der Waals surface area contributed by atoms with Crippen molar-refractivity contribution in [1.29, 1.82) is 0 Å². The summed E-state index contributed by atoms with van der Waals surface area (Å²) in [5, 5.41) is 3.18. The number of benzene rings is 1. The van der Waals surface area contributed by atoms with E-state index in [-0.39, 0.29) is 30.4 Å². The van der Waals surface area contributed by atoms with Crippen LogP contribution in [0.1, 0.15) is 83.8 Å². The Morgan fingerprint density at radius 2 is 1.94 bits per heavy atom. The number of nitrogens with one attached hydrogen (secondary N) is 1. The second-order valence-corrected chi connectivity index (χ2v) is 11.1. The van der Waals surface area contributed by atoms with E-state index in [2.05, 4.69) is 39.4 Å². The van der Waals surface area contributed by atoms with Crippen LogP contribution in [0.5, 0.6) is 0 Å². The van der Waals surface area contributed by atoms with Crippen molar-refractivity contribution in [3.05, 3.63) is 35.4 Å². The molecule has 4 fully saturated rings. The summed E-state index contributed by atoms with van der Waals surface area (Å²) in [5.74, 6) is 0.712. The lowest BCUT2D eigenvalue weighted by atomic mass is 9.63. The number of carbonyl (C=O) groups excluding carboxylic acids is 2. The number of amides is 2. The quantitative estimate of drug-likeness (QED) is 0.690. The Kier molecular flexibility index (Phi) is 5.02. The van der Waals surface area contributed by atoms with Gasteiger partial charge in [0, 0.05) is 14.4 Å². The van der Waals surface area contributed by atoms with E-state index in [9.17, 15) is 9.59 Å².